The molecule has 2 rings (SSSR count). The SMILES string of the molecule is CCNC(c1ccncc1C)c1cc(C)ccc1C. The number of aromatic nitrogens is 1. The zero-order chi connectivity index (χ0) is 13.8. The third-order valence-corrected chi connectivity index (χ3v) is 3.53. The molecule has 2 aromatic rings. The summed E-state index contributed by atoms with van der Waals surface area (Å²) in [7, 11) is 0. The highest BCUT2D eigenvalue weighted by molar-refractivity contribution is 5.41. The minimum Gasteiger partial charge on any atom is -0.307 e. The summed E-state index contributed by atoms with van der Waals surface area (Å²) in [4.78, 5) is 4.19. The molecule has 1 N–H and O–H groups in total. The summed E-state index contributed by atoms with van der Waals surface area (Å²) in [6.45, 7) is 9.53. The average Bonchev–Trinajstić information content (AvgIpc) is 2.40. The van der Waals surface area contributed by atoms with E-state index in [0.717, 1.165) is 6.54 Å². The van der Waals surface area contributed by atoms with Gasteiger partial charge in [-0.2, -0.15) is 0 Å². The van der Waals surface area contributed by atoms with Crippen molar-refractivity contribution in [2.75, 3.05) is 6.54 Å². The maximum atomic E-state index is 4.19. The summed E-state index contributed by atoms with van der Waals surface area (Å²) in [5.74, 6) is 0. The first-order valence-corrected chi connectivity index (χ1v) is 6.84. The third kappa shape index (κ3) is 3.02. The number of aryl methyl sites for hydroxylation is 3. The Hall–Kier alpha value is -1.67. The lowest BCUT2D eigenvalue weighted by Crippen LogP contribution is -2.23. The van der Waals surface area contributed by atoms with Gasteiger partial charge in [-0.3, -0.25) is 4.98 Å². The molecule has 1 atom stereocenters. The van der Waals surface area contributed by atoms with Gasteiger partial charge in [-0.05, 0) is 55.6 Å². The number of nitrogens with one attached hydrogen (secondary N) is 1. The van der Waals surface area contributed by atoms with E-state index in [4.69, 9.17) is 0 Å². The van der Waals surface area contributed by atoms with Gasteiger partial charge in [0, 0.05) is 12.4 Å². The molecule has 1 aromatic heterocycles. The fraction of sp³-hybridized carbons (Fsp3) is 0.353. The zero-order valence-corrected chi connectivity index (χ0v) is 12.2. The van der Waals surface area contributed by atoms with Crippen molar-refractivity contribution in [2.45, 2.75) is 33.7 Å². The number of hydrogen-bond acceptors (Lipinski definition) is 2. The lowest BCUT2D eigenvalue weighted by Gasteiger charge is -2.23. The average molecular weight is 254 g/mol. The Morgan fingerprint density at radius 3 is 2.53 bits per heavy atom. The van der Waals surface area contributed by atoms with E-state index < -0.39 is 0 Å². The molecular formula is C17H22N2. The van der Waals surface area contributed by atoms with Gasteiger partial charge in [-0.1, -0.05) is 30.7 Å². The van der Waals surface area contributed by atoms with E-state index in [1.807, 2.05) is 12.4 Å². The Morgan fingerprint density at radius 2 is 1.84 bits per heavy atom. The van der Waals surface area contributed by atoms with Crippen LogP contribution in [0.2, 0.25) is 0 Å². The minimum absolute atomic E-state index is 0.243. The summed E-state index contributed by atoms with van der Waals surface area (Å²) in [6.07, 6.45) is 3.81. The fourth-order valence-corrected chi connectivity index (χ4v) is 2.47. The van der Waals surface area contributed by atoms with Crippen LogP contribution < -0.4 is 5.32 Å². The summed E-state index contributed by atoms with van der Waals surface area (Å²) < 4.78 is 0. The van der Waals surface area contributed by atoms with Gasteiger partial charge in [0.1, 0.15) is 0 Å². The second-order valence-corrected chi connectivity index (χ2v) is 5.08. The second-order valence-electron chi connectivity index (χ2n) is 5.08. The van der Waals surface area contributed by atoms with Crippen LogP contribution >= 0.6 is 0 Å². The molecule has 0 aliphatic rings. The summed E-state index contributed by atoms with van der Waals surface area (Å²) in [5, 5.41) is 3.60. The van der Waals surface area contributed by atoms with Crippen molar-refractivity contribution in [2.24, 2.45) is 0 Å². The van der Waals surface area contributed by atoms with Crippen LogP contribution in [0.3, 0.4) is 0 Å². The maximum absolute atomic E-state index is 4.19. The van der Waals surface area contributed by atoms with Crippen LogP contribution in [0.5, 0.6) is 0 Å². The first kappa shape index (κ1) is 13.8. The van der Waals surface area contributed by atoms with Crippen molar-refractivity contribution in [3.05, 3.63) is 64.5 Å². The highest BCUT2D eigenvalue weighted by Gasteiger charge is 2.17. The van der Waals surface area contributed by atoms with Gasteiger partial charge in [-0.25, -0.2) is 0 Å². The molecule has 0 aliphatic heterocycles. The van der Waals surface area contributed by atoms with E-state index in [1.165, 1.54) is 27.8 Å². The molecule has 1 aromatic carbocycles. The molecule has 0 radical (unpaired) electrons. The lowest BCUT2D eigenvalue weighted by molar-refractivity contribution is 0.623. The highest BCUT2D eigenvalue weighted by atomic mass is 14.9. The van der Waals surface area contributed by atoms with Crippen molar-refractivity contribution in [1.29, 1.82) is 0 Å². The minimum atomic E-state index is 0.243. The molecule has 0 fully saturated rings. The molecule has 2 heteroatoms. The molecule has 19 heavy (non-hydrogen) atoms. The van der Waals surface area contributed by atoms with Crippen molar-refractivity contribution in [1.82, 2.24) is 10.3 Å². The van der Waals surface area contributed by atoms with Gasteiger partial charge in [0.05, 0.1) is 6.04 Å². The quantitative estimate of drug-likeness (QED) is 0.899. The Morgan fingerprint density at radius 1 is 1.05 bits per heavy atom. The molecular weight excluding hydrogens is 232 g/mol. The Balaban J connectivity index is 2.51. The first-order valence-electron chi connectivity index (χ1n) is 6.84. The van der Waals surface area contributed by atoms with Crippen molar-refractivity contribution >= 4 is 0 Å². The smallest absolute Gasteiger partial charge is 0.0583 e. The number of benzene rings is 1. The normalized spacial score (nSPS) is 12.4. The Kier molecular flexibility index (Phi) is 4.33. The fourth-order valence-electron chi connectivity index (χ4n) is 2.47. The first-order chi connectivity index (χ1) is 9.13. The molecule has 0 bridgehead atoms. The van der Waals surface area contributed by atoms with Gasteiger partial charge in [0.2, 0.25) is 0 Å². The van der Waals surface area contributed by atoms with Crippen LogP contribution in [0.4, 0.5) is 0 Å². The largest absolute Gasteiger partial charge is 0.307 e. The number of rotatable bonds is 4. The zero-order valence-electron chi connectivity index (χ0n) is 12.2. The van der Waals surface area contributed by atoms with E-state index in [1.54, 1.807) is 0 Å². The Bertz CT molecular complexity index is 561. The standard InChI is InChI=1S/C17H22N2/c1-5-19-17(15-8-9-18-11-14(15)4)16-10-12(2)6-7-13(16)3/h6-11,17,19H,5H2,1-4H3. The summed E-state index contributed by atoms with van der Waals surface area (Å²) in [6, 6.07) is 9.01. The van der Waals surface area contributed by atoms with E-state index in [9.17, 15) is 0 Å². The maximum Gasteiger partial charge on any atom is 0.0583 e. The summed E-state index contributed by atoms with van der Waals surface area (Å²) >= 11 is 0. The van der Waals surface area contributed by atoms with Crippen LogP contribution in [0.15, 0.2) is 36.7 Å². The van der Waals surface area contributed by atoms with Crippen LogP contribution in [-0.4, -0.2) is 11.5 Å². The third-order valence-electron chi connectivity index (χ3n) is 3.53. The van der Waals surface area contributed by atoms with Crippen molar-refractivity contribution in [3.63, 3.8) is 0 Å². The van der Waals surface area contributed by atoms with Gasteiger partial charge in [-0.15, -0.1) is 0 Å². The molecule has 100 valence electrons. The predicted octanol–water partition coefficient (Wildman–Crippen LogP) is 3.71. The van der Waals surface area contributed by atoms with Crippen LogP contribution in [-0.2, 0) is 0 Å². The van der Waals surface area contributed by atoms with Crippen LogP contribution in [0.1, 0.15) is 40.8 Å². The molecule has 0 amide bonds. The van der Waals surface area contributed by atoms with Crippen molar-refractivity contribution in [3.8, 4) is 0 Å². The number of hydrogen-bond donors (Lipinski definition) is 1. The van der Waals surface area contributed by atoms with Crippen LogP contribution in [0, 0.1) is 20.8 Å². The van der Waals surface area contributed by atoms with E-state index in [2.05, 4.69) is 62.3 Å². The van der Waals surface area contributed by atoms with E-state index in [0.29, 0.717) is 0 Å². The predicted molar refractivity (Wildman–Crippen MR) is 80.4 cm³/mol. The molecule has 0 saturated carbocycles. The second kappa shape index (κ2) is 5.98. The monoisotopic (exact) mass is 254 g/mol. The van der Waals surface area contributed by atoms with Gasteiger partial charge >= 0.3 is 0 Å². The molecule has 2 nitrogen and oxygen atoms in total. The molecule has 0 spiro atoms. The Labute approximate surface area is 115 Å². The molecule has 0 saturated heterocycles. The van der Waals surface area contributed by atoms with Gasteiger partial charge in [0.15, 0.2) is 0 Å². The lowest BCUT2D eigenvalue weighted by atomic mass is 9.92. The topological polar surface area (TPSA) is 24.9 Å². The number of nitrogens with zero attached hydrogens (tertiary/aromatic N) is 1. The van der Waals surface area contributed by atoms with Crippen LogP contribution in [0.25, 0.3) is 0 Å². The van der Waals surface area contributed by atoms with Crippen molar-refractivity contribution < 1.29 is 0 Å². The van der Waals surface area contributed by atoms with Gasteiger partial charge < -0.3 is 5.32 Å². The highest BCUT2D eigenvalue weighted by Crippen LogP contribution is 2.27. The van der Waals surface area contributed by atoms with E-state index >= 15 is 0 Å². The molecule has 1 heterocycles. The van der Waals surface area contributed by atoms with E-state index in [-0.39, 0.29) is 6.04 Å². The molecule has 0 aliphatic carbocycles. The number of pyridine rings is 1. The summed E-state index contributed by atoms with van der Waals surface area (Å²) in [5.41, 5.74) is 6.53. The van der Waals surface area contributed by atoms with Gasteiger partial charge in [0.25, 0.3) is 0 Å². The molecule has 1 unspecified atom stereocenters.